The molecule has 0 bridgehead atoms. The third kappa shape index (κ3) is 2.26. The molecule has 0 spiro atoms. The van der Waals surface area contributed by atoms with E-state index in [0.29, 0.717) is 13.2 Å². The third-order valence-electron chi connectivity index (χ3n) is 2.90. The first-order valence-electron chi connectivity index (χ1n) is 5.64. The maximum atomic E-state index is 5.73. The fraction of sp³-hybridized carbons (Fsp3) is 0.538. The van der Waals surface area contributed by atoms with E-state index in [9.17, 15) is 0 Å². The highest BCUT2D eigenvalue weighted by atomic mass is 16.7. The van der Waals surface area contributed by atoms with E-state index in [4.69, 9.17) is 15.2 Å². The fourth-order valence-corrected chi connectivity index (χ4v) is 2.25. The van der Waals surface area contributed by atoms with Crippen molar-refractivity contribution >= 4 is 0 Å². The van der Waals surface area contributed by atoms with Gasteiger partial charge in [0.2, 0.25) is 0 Å². The highest BCUT2D eigenvalue weighted by Crippen LogP contribution is 2.29. The number of rotatable bonds is 1. The van der Waals surface area contributed by atoms with Crippen molar-refractivity contribution < 1.29 is 9.47 Å². The van der Waals surface area contributed by atoms with Crippen molar-refractivity contribution in [1.29, 1.82) is 0 Å². The Bertz CT molecular complexity index is 359. The van der Waals surface area contributed by atoms with Crippen LogP contribution in [0.3, 0.4) is 0 Å². The number of ether oxygens (including phenoxy) is 2. The van der Waals surface area contributed by atoms with Gasteiger partial charge in [-0.2, -0.15) is 0 Å². The normalized spacial score (nSPS) is 25.8. The van der Waals surface area contributed by atoms with Gasteiger partial charge < -0.3 is 15.2 Å². The predicted octanol–water partition coefficient (Wildman–Crippen LogP) is 1.98. The number of aryl methyl sites for hydroxylation is 3. The highest BCUT2D eigenvalue weighted by Gasteiger charge is 2.23. The Balaban J connectivity index is 2.26. The minimum absolute atomic E-state index is 0.00214. The summed E-state index contributed by atoms with van der Waals surface area (Å²) in [6.07, 6.45) is -0.250. The van der Waals surface area contributed by atoms with Crippen molar-refractivity contribution in [3.05, 3.63) is 34.4 Å². The molecular formula is C13H19NO2. The van der Waals surface area contributed by atoms with Crippen LogP contribution in [0.4, 0.5) is 0 Å². The Hall–Kier alpha value is -0.900. The molecule has 0 amide bonds. The molecule has 1 heterocycles. The summed E-state index contributed by atoms with van der Waals surface area (Å²) in [5, 5.41) is 0. The first-order chi connectivity index (χ1) is 7.58. The quantitative estimate of drug-likeness (QED) is 0.788. The molecule has 2 N–H and O–H groups in total. The summed E-state index contributed by atoms with van der Waals surface area (Å²) >= 11 is 0. The first kappa shape index (κ1) is 11.6. The monoisotopic (exact) mass is 221 g/mol. The maximum Gasteiger partial charge on any atom is 0.184 e. The number of hydrogen-bond donors (Lipinski definition) is 1. The van der Waals surface area contributed by atoms with E-state index in [1.807, 2.05) is 0 Å². The van der Waals surface area contributed by atoms with Gasteiger partial charge in [0.05, 0.1) is 19.3 Å². The standard InChI is InChI=1S/C13H19NO2/c1-8-4-9(2)12(10(3)5-8)13-15-6-11(14)7-16-13/h4-5,11,13H,6-7,14H2,1-3H3. The average molecular weight is 221 g/mol. The minimum atomic E-state index is -0.250. The molecule has 0 saturated carbocycles. The van der Waals surface area contributed by atoms with E-state index < -0.39 is 0 Å². The van der Waals surface area contributed by atoms with Crippen molar-refractivity contribution in [1.82, 2.24) is 0 Å². The van der Waals surface area contributed by atoms with Gasteiger partial charge >= 0.3 is 0 Å². The minimum Gasteiger partial charge on any atom is -0.347 e. The van der Waals surface area contributed by atoms with Crippen molar-refractivity contribution in [3.63, 3.8) is 0 Å². The van der Waals surface area contributed by atoms with Crippen LogP contribution in [0, 0.1) is 20.8 Å². The van der Waals surface area contributed by atoms with Crippen LogP contribution in [0.25, 0.3) is 0 Å². The molecule has 88 valence electrons. The van der Waals surface area contributed by atoms with Gasteiger partial charge in [0.1, 0.15) is 0 Å². The van der Waals surface area contributed by atoms with Crippen molar-refractivity contribution in [2.75, 3.05) is 13.2 Å². The van der Waals surface area contributed by atoms with E-state index in [0.717, 1.165) is 5.56 Å². The molecule has 16 heavy (non-hydrogen) atoms. The molecule has 2 rings (SSSR count). The van der Waals surface area contributed by atoms with Crippen LogP contribution < -0.4 is 5.73 Å². The molecule has 1 aliphatic heterocycles. The zero-order valence-electron chi connectivity index (χ0n) is 10.1. The first-order valence-corrected chi connectivity index (χ1v) is 5.64. The van der Waals surface area contributed by atoms with E-state index in [2.05, 4.69) is 32.9 Å². The Morgan fingerprint density at radius 1 is 1.06 bits per heavy atom. The van der Waals surface area contributed by atoms with Gasteiger partial charge in [-0.15, -0.1) is 0 Å². The van der Waals surface area contributed by atoms with Crippen molar-refractivity contribution in [2.45, 2.75) is 33.1 Å². The summed E-state index contributed by atoms with van der Waals surface area (Å²) in [6.45, 7) is 7.42. The van der Waals surface area contributed by atoms with Crippen LogP contribution in [0.2, 0.25) is 0 Å². The van der Waals surface area contributed by atoms with Crippen LogP contribution >= 0.6 is 0 Å². The fourth-order valence-electron chi connectivity index (χ4n) is 2.25. The lowest BCUT2D eigenvalue weighted by atomic mass is 9.99. The van der Waals surface area contributed by atoms with Crippen LogP contribution in [0.5, 0.6) is 0 Å². The molecule has 1 aliphatic rings. The molecular weight excluding hydrogens is 202 g/mol. The van der Waals surface area contributed by atoms with E-state index in [1.54, 1.807) is 0 Å². The lowest BCUT2D eigenvalue weighted by molar-refractivity contribution is -0.190. The molecule has 1 fully saturated rings. The SMILES string of the molecule is Cc1cc(C)c(C2OCC(N)CO2)c(C)c1. The van der Waals surface area contributed by atoms with Crippen LogP contribution in [-0.4, -0.2) is 19.3 Å². The molecule has 1 aromatic carbocycles. The summed E-state index contributed by atoms with van der Waals surface area (Å²) in [6, 6.07) is 4.31. The van der Waals surface area contributed by atoms with Gasteiger partial charge in [0.15, 0.2) is 6.29 Å². The number of hydrogen-bond acceptors (Lipinski definition) is 3. The average Bonchev–Trinajstić information content (AvgIpc) is 2.19. The molecule has 3 nitrogen and oxygen atoms in total. The second-order valence-electron chi connectivity index (χ2n) is 4.57. The zero-order chi connectivity index (χ0) is 11.7. The molecule has 0 unspecified atom stereocenters. The smallest absolute Gasteiger partial charge is 0.184 e. The van der Waals surface area contributed by atoms with Gasteiger partial charge in [-0.1, -0.05) is 17.7 Å². The van der Waals surface area contributed by atoms with Crippen LogP contribution in [0.15, 0.2) is 12.1 Å². The van der Waals surface area contributed by atoms with Crippen LogP contribution in [-0.2, 0) is 9.47 Å². The Labute approximate surface area is 96.5 Å². The Morgan fingerprint density at radius 3 is 2.06 bits per heavy atom. The summed E-state index contributed by atoms with van der Waals surface area (Å²) in [7, 11) is 0. The van der Waals surface area contributed by atoms with Crippen molar-refractivity contribution in [3.8, 4) is 0 Å². The van der Waals surface area contributed by atoms with E-state index in [1.165, 1.54) is 16.7 Å². The predicted molar refractivity (Wildman–Crippen MR) is 63.3 cm³/mol. The third-order valence-corrected chi connectivity index (χ3v) is 2.90. The Kier molecular flexibility index (Phi) is 3.28. The largest absolute Gasteiger partial charge is 0.347 e. The summed E-state index contributed by atoms with van der Waals surface area (Å²) in [5.41, 5.74) is 10.6. The topological polar surface area (TPSA) is 44.5 Å². The van der Waals surface area contributed by atoms with Crippen LogP contribution in [0.1, 0.15) is 28.5 Å². The Morgan fingerprint density at radius 2 is 1.56 bits per heavy atom. The molecule has 1 saturated heterocycles. The van der Waals surface area contributed by atoms with Gasteiger partial charge in [-0.05, 0) is 31.9 Å². The van der Waals surface area contributed by atoms with Gasteiger partial charge in [0.25, 0.3) is 0 Å². The molecule has 0 aliphatic carbocycles. The second kappa shape index (κ2) is 4.53. The van der Waals surface area contributed by atoms with E-state index in [-0.39, 0.29) is 12.3 Å². The van der Waals surface area contributed by atoms with Gasteiger partial charge in [0, 0.05) is 5.56 Å². The highest BCUT2D eigenvalue weighted by molar-refractivity contribution is 5.38. The van der Waals surface area contributed by atoms with Gasteiger partial charge in [-0.25, -0.2) is 0 Å². The summed E-state index contributed by atoms with van der Waals surface area (Å²) < 4.78 is 11.3. The lowest BCUT2D eigenvalue weighted by Crippen LogP contribution is -2.38. The molecule has 1 aromatic rings. The number of benzene rings is 1. The van der Waals surface area contributed by atoms with Gasteiger partial charge in [-0.3, -0.25) is 0 Å². The zero-order valence-corrected chi connectivity index (χ0v) is 10.1. The lowest BCUT2D eigenvalue weighted by Gasteiger charge is -2.29. The molecule has 0 aromatic heterocycles. The molecule has 0 radical (unpaired) electrons. The van der Waals surface area contributed by atoms with Crippen molar-refractivity contribution in [2.24, 2.45) is 5.73 Å². The molecule has 0 atom stereocenters. The summed E-state index contributed by atoms with van der Waals surface area (Å²) in [4.78, 5) is 0. The maximum absolute atomic E-state index is 5.73. The summed E-state index contributed by atoms with van der Waals surface area (Å²) in [5.74, 6) is 0. The number of nitrogens with two attached hydrogens (primary N) is 1. The second-order valence-corrected chi connectivity index (χ2v) is 4.57. The van der Waals surface area contributed by atoms with E-state index >= 15 is 0 Å². The molecule has 3 heteroatoms.